The van der Waals surface area contributed by atoms with Gasteiger partial charge in [0.2, 0.25) is 0 Å². The Morgan fingerprint density at radius 1 is 1.47 bits per heavy atom. The molecule has 3 unspecified atom stereocenters. The Balaban J connectivity index is 1.76. The maximum Gasteiger partial charge on any atom is 0.407 e. The normalized spacial score (nSPS) is 34.2. The molecule has 1 saturated heterocycles. The van der Waals surface area contributed by atoms with E-state index >= 15 is 0 Å². The highest BCUT2D eigenvalue weighted by atomic mass is 16.6. The molecule has 0 aromatic rings. The van der Waals surface area contributed by atoms with E-state index in [0.717, 1.165) is 13.0 Å². The Kier molecular flexibility index (Phi) is 2.63. The molecule has 0 bridgehead atoms. The van der Waals surface area contributed by atoms with Gasteiger partial charge in [-0.1, -0.05) is 0 Å². The van der Waals surface area contributed by atoms with Gasteiger partial charge in [-0.15, -0.1) is 0 Å². The largest absolute Gasteiger partial charge is 0.444 e. The summed E-state index contributed by atoms with van der Waals surface area (Å²) in [5, 5.41) is 6.36. The molecule has 2 rings (SSSR count). The van der Waals surface area contributed by atoms with E-state index in [1.54, 1.807) is 0 Å². The topological polar surface area (TPSA) is 50.4 Å². The van der Waals surface area contributed by atoms with Gasteiger partial charge in [0.15, 0.2) is 0 Å². The number of amides is 1. The number of carbonyl (C=O) groups excluding carboxylic acids is 1. The van der Waals surface area contributed by atoms with Crippen molar-refractivity contribution in [2.24, 2.45) is 5.92 Å². The van der Waals surface area contributed by atoms with Gasteiger partial charge in [0.25, 0.3) is 0 Å². The molecule has 86 valence electrons. The molecule has 0 aromatic heterocycles. The van der Waals surface area contributed by atoms with Crippen LogP contribution >= 0.6 is 0 Å². The van der Waals surface area contributed by atoms with Gasteiger partial charge in [-0.2, -0.15) is 0 Å². The minimum atomic E-state index is -0.402. The number of fused-ring (bicyclic) bond motifs is 1. The van der Waals surface area contributed by atoms with Gasteiger partial charge in [-0.05, 0) is 46.1 Å². The van der Waals surface area contributed by atoms with E-state index in [-0.39, 0.29) is 6.09 Å². The Bertz CT molecular complexity index is 260. The van der Waals surface area contributed by atoms with Gasteiger partial charge in [-0.3, -0.25) is 0 Å². The zero-order valence-corrected chi connectivity index (χ0v) is 9.67. The van der Waals surface area contributed by atoms with Crippen molar-refractivity contribution >= 4 is 6.09 Å². The summed E-state index contributed by atoms with van der Waals surface area (Å²) in [5.74, 6) is 0.623. The third-order valence-corrected chi connectivity index (χ3v) is 3.13. The second-order valence-electron chi connectivity index (χ2n) is 5.50. The van der Waals surface area contributed by atoms with Crippen molar-refractivity contribution in [2.75, 3.05) is 6.54 Å². The summed E-state index contributed by atoms with van der Waals surface area (Å²) in [5.41, 5.74) is -0.402. The van der Waals surface area contributed by atoms with E-state index in [2.05, 4.69) is 10.6 Å². The second kappa shape index (κ2) is 3.67. The first-order chi connectivity index (χ1) is 6.96. The third-order valence-electron chi connectivity index (χ3n) is 3.13. The molecule has 2 fully saturated rings. The van der Waals surface area contributed by atoms with Crippen molar-refractivity contribution < 1.29 is 9.53 Å². The summed E-state index contributed by atoms with van der Waals surface area (Å²) < 4.78 is 5.22. The average molecular weight is 212 g/mol. The van der Waals surface area contributed by atoms with Crippen LogP contribution < -0.4 is 10.6 Å². The molecule has 15 heavy (non-hydrogen) atoms. The van der Waals surface area contributed by atoms with Gasteiger partial charge in [-0.25, -0.2) is 4.79 Å². The molecule has 4 heteroatoms. The molecule has 4 nitrogen and oxygen atoms in total. The molecular formula is C11H20N2O2. The van der Waals surface area contributed by atoms with E-state index in [9.17, 15) is 4.79 Å². The quantitative estimate of drug-likeness (QED) is 0.688. The van der Waals surface area contributed by atoms with Crippen LogP contribution in [0.4, 0.5) is 4.79 Å². The lowest BCUT2D eigenvalue weighted by molar-refractivity contribution is 0.0425. The zero-order valence-electron chi connectivity index (χ0n) is 9.67. The van der Waals surface area contributed by atoms with Crippen LogP contribution in [-0.2, 0) is 4.74 Å². The number of hydrogen-bond donors (Lipinski definition) is 2. The van der Waals surface area contributed by atoms with Gasteiger partial charge in [0.05, 0.1) is 0 Å². The highest BCUT2D eigenvalue weighted by Gasteiger charge is 2.44. The predicted molar refractivity (Wildman–Crippen MR) is 57.7 cm³/mol. The van der Waals surface area contributed by atoms with Gasteiger partial charge >= 0.3 is 6.09 Å². The Morgan fingerprint density at radius 3 is 2.80 bits per heavy atom. The molecule has 2 aliphatic rings. The summed E-state index contributed by atoms with van der Waals surface area (Å²) in [6.07, 6.45) is 1.94. The van der Waals surface area contributed by atoms with Gasteiger partial charge in [0.1, 0.15) is 5.60 Å². The lowest BCUT2D eigenvalue weighted by atomic mass is 9.75. The second-order valence-corrected chi connectivity index (χ2v) is 5.50. The molecule has 0 aromatic carbocycles. The van der Waals surface area contributed by atoms with Gasteiger partial charge < -0.3 is 15.4 Å². The zero-order chi connectivity index (χ0) is 11.1. The fourth-order valence-electron chi connectivity index (χ4n) is 2.41. The SMILES string of the molecule is CC(C)(C)OC(=O)NC1CC2NCCC21. The first-order valence-corrected chi connectivity index (χ1v) is 5.68. The molecular weight excluding hydrogens is 192 g/mol. The summed E-state index contributed by atoms with van der Waals surface area (Å²) in [6, 6.07) is 0.949. The number of carbonyl (C=O) groups is 1. The van der Waals surface area contributed by atoms with E-state index in [0.29, 0.717) is 18.0 Å². The van der Waals surface area contributed by atoms with Crippen LogP contribution in [0.15, 0.2) is 0 Å². The lowest BCUT2D eigenvalue weighted by Crippen LogP contribution is -2.56. The highest BCUT2D eigenvalue weighted by Crippen LogP contribution is 2.34. The van der Waals surface area contributed by atoms with Crippen molar-refractivity contribution in [3.8, 4) is 0 Å². The molecule has 1 amide bonds. The summed E-state index contributed by atoms with van der Waals surface area (Å²) in [6.45, 7) is 6.73. The minimum Gasteiger partial charge on any atom is -0.444 e. The van der Waals surface area contributed by atoms with Crippen molar-refractivity contribution in [3.63, 3.8) is 0 Å². The van der Waals surface area contributed by atoms with Crippen molar-refractivity contribution in [1.82, 2.24) is 10.6 Å². The fraction of sp³-hybridized carbons (Fsp3) is 0.909. The number of alkyl carbamates (subject to hydrolysis) is 1. The average Bonchev–Trinajstić information content (AvgIpc) is 2.39. The Labute approximate surface area is 90.8 Å². The van der Waals surface area contributed by atoms with Crippen LogP contribution in [0, 0.1) is 5.92 Å². The summed E-state index contributed by atoms with van der Waals surface area (Å²) >= 11 is 0. The van der Waals surface area contributed by atoms with Crippen molar-refractivity contribution in [2.45, 2.75) is 51.3 Å². The number of rotatable bonds is 1. The van der Waals surface area contributed by atoms with Gasteiger partial charge in [0, 0.05) is 12.1 Å². The summed E-state index contributed by atoms with van der Waals surface area (Å²) in [4.78, 5) is 11.5. The van der Waals surface area contributed by atoms with Crippen molar-refractivity contribution in [3.05, 3.63) is 0 Å². The number of nitrogens with one attached hydrogen (secondary N) is 2. The van der Waals surface area contributed by atoms with Crippen LogP contribution in [-0.4, -0.2) is 30.3 Å². The van der Waals surface area contributed by atoms with Crippen LogP contribution in [0.1, 0.15) is 33.6 Å². The first kappa shape index (κ1) is 10.7. The first-order valence-electron chi connectivity index (χ1n) is 5.68. The molecule has 0 radical (unpaired) electrons. The van der Waals surface area contributed by atoms with E-state index in [4.69, 9.17) is 4.74 Å². The van der Waals surface area contributed by atoms with Crippen LogP contribution in [0.25, 0.3) is 0 Å². The van der Waals surface area contributed by atoms with Crippen LogP contribution in [0.3, 0.4) is 0 Å². The maximum atomic E-state index is 11.5. The molecule has 0 spiro atoms. The molecule has 1 heterocycles. The standard InChI is InChI=1S/C11H20N2O2/c1-11(2,3)15-10(14)13-9-6-8-7(9)4-5-12-8/h7-9,12H,4-6H2,1-3H3,(H,13,14). The van der Waals surface area contributed by atoms with Crippen LogP contribution in [0.5, 0.6) is 0 Å². The smallest absolute Gasteiger partial charge is 0.407 e. The predicted octanol–water partition coefficient (Wildman–Crippen LogP) is 1.26. The van der Waals surface area contributed by atoms with E-state index in [1.807, 2.05) is 20.8 Å². The lowest BCUT2D eigenvalue weighted by Gasteiger charge is -2.40. The highest BCUT2D eigenvalue weighted by molar-refractivity contribution is 5.68. The molecule has 1 saturated carbocycles. The number of ether oxygens (including phenoxy) is 1. The molecule has 1 aliphatic heterocycles. The molecule has 3 atom stereocenters. The number of hydrogen-bond acceptors (Lipinski definition) is 3. The monoisotopic (exact) mass is 212 g/mol. The maximum absolute atomic E-state index is 11.5. The molecule has 1 aliphatic carbocycles. The third kappa shape index (κ3) is 2.43. The Hall–Kier alpha value is -0.770. The summed E-state index contributed by atoms with van der Waals surface area (Å²) in [7, 11) is 0. The molecule has 2 N–H and O–H groups in total. The van der Waals surface area contributed by atoms with E-state index < -0.39 is 5.60 Å². The fourth-order valence-corrected chi connectivity index (χ4v) is 2.41. The van der Waals surface area contributed by atoms with Crippen molar-refractivity contribution in [1.29, 1.82) is 0 Å². The van der Waals surface area contributed by atoms with Crippen LogP contribution in [0.2, 0.25) is 0 Å². The minimum absolute atomic E-state index is 0.280. The van der Waals surface area contributed by atoms with E-state index in [1.165, 1.54) is 6.42 Å². The Morgan fingerprint density at radius 2 is 2.20 bits per heavy atom.